The van der Waals surface area contributed by atoms with Crippen molar-refractivity contribution in [3.05, 3.63) is 36.3 Å². The second-order valence-electron chi connectivity index (χ2n) is 4.03. The highest BCUT2D eigenvalue weighted by Crippen LogP contribution is 2.12. The SMILES string of the molecule is Cc1cccc(NC(=O)N(C)c2cnn(C)c2)n1. The van der Waals surface area contributed by atoms with E-state index in [-0.39, 0.29) is 6.03 Å². The molecule has 2 aromatic rings. The summed E-state index contributed by atoms with van der Waals surface area (Å²) in [5.74, 6) is 0.538. The molecule has 6 heteroatoms. The maximum atomic E-state index is 12.0. The van der Waals surface area contributed by atoms with Crippen LogP contribution in [0.2, 0.25) is 0 Å². The number of amides is 2. The fourth-order valence-corrected chi connectivity index (χ4v) is 1.50. The monoisotopic (exact) mass is 245 g/mol. The van der Waals surface area contributed by atoms with E-state index in [1.807, 2.05) is 19.1 Å². The van der Waals surface area contributed by atoms with Gasteiger partial charge >= 0.3 is 6.03 Å². The van der Waals surface area contributed by atoms with Crippen LogP contribution in [-0.4, -0.2) is 27.8 Å². The molecular weight excluding hydrogens is 230 g/mol. The van der Waals surface area contributed by atoms with Crippen LogP contribution in [0, 0.1) is 6.92 Å². The average molecular weight is 245 g/mol. The lowest BCUT2D eigenvalue weighted by molar-refractivity contribution is 0.258. The van der Waals surface area contributed by atoms with Gasteiger partial charge in [-0.2, -0.15) is 5.10 Å². The highest BCUT2D eigenvalue weighted by Gasteiger charge is 2.12. The van der Waals surface area contributed by atoms with Crippen molar-refractivity contribution >= 4 is 17.5 Å². The normalized spacial score (nSPS) is 10.2. The number of nitrogens with one attached hydrogen (secondary N) is 1. The number of hydrogen-bond acceptors (Lipinski definition) is 3. The summed E-state index contributed by atoms with van der Waals surface area (Å²) in [6.45, 7) is 1.88. The second kappa shape index (κ2) is 4.87. The minimum atomic E-state index is -0.249. The summed E-state index contributed by atoms with van der Waals surface area (Å²) >= 11 is 0. The molecule has 1 N–H and O–H groups in total. The Hall–Kier alpha value is -2.37. The lowest BCUT2D eigenvalue weighted by Gasteiger charge is -2.15. The molecule has 2 amide bonds. The molecule has 0 unspecified atom stereocenters. The first-order valence-corrected chi connectivity index (χ1v) is 5.53. The van der Waals surface area contributed by atoms with E-state index in [1.54, 1.807) is 37.2 Å². The molecule has 0 radical (unpaired) electrons. The van der Waals surface area contributed by atoms with Crippen molar-refractivity contribution in [3.63, 3.8) is 0 Å². The third-order valence-electron chi connectivity index (χ3n) is 2.51. The number of hydrogen-bond donors (Lipinski definition) is 1. The Kier molecular flexibility index (Phi) is 3.27. The van der Waals surface area contributed by atoms with Crippen LogP contribution in [-0.2, 0) is 7.05 Å². The first kappa shape index (κ1) is 12.1. The Morgan fingerprint density at radius 1 is 1.44 bits per heavy atom. The molecule has 2 aromatic heterocycles. The lowest BCUT2D eigenvalue weighted by Crippen LogP contribution is -2.31. The van der Waals surface area contributed by atoms with Crippen LogP contribution < -0.4 is 10.2 Å². The van der Waals surface area contributed by atoms with Gasteiger partial charge in [-0.05, 0) is 19.1 Å². The maximum Gasteiger partial charge on any atom is 0.327 e. The van der Waals surface area contributed by atoms with Crippen molar-refractivity contribution in [1.29, 1.82) is 0 Å². The van der Waals surface area contributed by atoms with E-state index in [1.165, 1.54) is 4.90 Å². The quantitative estimate of drug-likeness (QED) is 0.877. The predicted octanol–water partition coefficient (Wildman–Crippen LogP) is 1.79. The average Bonchev–Trinajstić information content (AvgIpc) is 2.75. The summed E-state index contributed by atoms with van der Waals surface area (Å²) in [5.41, 5.74) is 1.58. The van der Waals surface area contributed by atoms with E-state index in [9.17, 15) is 4.79 Å². The Morgan fingerprint density at radius 3 is 2.83 bits per heavy atom. The van der Waals surface area contributed by atoms with Gasteiger partial charge in [0.2, 0.25) is 0 Å². The molecular formula is C12H15N5O. The third kappa shape index (κ3) is 2.65. The number of urea groups is 1. The van der Waals surface area contributed by atoms with Gasteiger partial charge < -0.3 is 0 Å². The van der Waals surface area contributed by atoms with Gasteiger partial charge in [-0.25, -0.2) is 9.78 Å². The number of carbonyl (C=O) groups excluding carboxylic acids is 1. The van der Waals surface area contributed by atoms with E-state index in [0.717, 1.165) is 11.4 Å². The standard InChI is InChI=1S/C12H15N5O/c1-9-5-4-6-11(14-9)15-12(18)17(3)10-7-13-16(2)8-10/h4-8H,1-3H3,(H,14,15,18). The minimum absolute atomic E-state index is 0.249. The summed E-state index contributed by atoms with van der Waals surface area (Å²) in [4.78, 5) is 17.7. The molecule has 94 valence electrons. The van der Waals surface area contributed by atoms with Gasteiger partial charge in [0, 0.05) is 26.0 Å². The molecule has 0 bridgehead atoms. The van der Waals surface area contributed by atoms with Gasteiger partial charge in [0.25, 0.3) is 0 Å². The zero-order valence-corrected chi connectivity index (χ0v) is 10.6. The van der Waals surface area contributed by atoms with E-state index >= 15 is 0 Å². The number of carbonyl (C=O) groups is 1. The van der Waals surface area contributed by atoms with E-state index in [4.69, 9.17) is 0 Å². The minimum Gasteiger partial charge on any atom is -0.294 e. The van der Waals surface area contributed by atoms with Crippen molar-refractivity contribution in [2.75, 3.05) is 17.3 Å². The molecule has 18 heavy (non-hydrogen) atoms. The van der Waals surface area contributed by atoms with Crippen molar-refractivity contribution in [2.24, 2.45) is 7.05 Å². The molecule has 0 spiro atoms. The lowest BCUT2D eigenvalue weighted by atomic mass is 10.4. The van der Waals surface area contributed by atoms with Crippen LogP contribution in [0.25, 0.3) is 0 Å². The Balaban J connectivity index is 2.08. The molecule has 0 aromatic carbocycles. The van der Waals surface area contributed by atoms with Gasteiger partial charge in [-0.3, -0.25) is 14.9 Å². The molecule has 0 aliphatic heterocycles. The topological polar surface area (TPSA) is 63.1 Å². The fraction of sp³-hybridized carbons (Fsp3) is 0.250. The van der Waals surface area contributed by atoms with Crippen molar-refractivity contribution < 1.29 is 4.79 Å². The number of pyridine rings is 1. The first-order valence-electron chi connectivity index (χ1n) is 5.53. The van der Waals surface area contributed by atoms with Crippen LogP contribution in [0.3, 0.4) is 0 Å². The first-order chi connectivity index (χ1) is 8.56. The molecule has 2 rings (SSSR count). The van der Waals surface area contributed by atoms with E-state index in [2.05, 4.69) is 15.4 Å². The molecule has 0 aliphatic rings. The predicted molar refractivity (Wildman–Crippen MR) is 69.6 cm³/mol. The zero-order chi connectivity index (χ0) is 13.1. The number of aromatic nitrogens is 3. The Morgan fingerprint density at radius 2 is 2.22 bits per heavy atom. The molecule has 0 atom stereocenters. The molecule has 0 saturated heterocycles. The summed E-state index contributed by atoms with van der Waals surface area (Å²) in [5, 5.41) is 6.75. The summed E-state index contributed by atoms with van der Waals surface area (Å²) < 4.78 is 1.64. The van der Waals surface area contributed by atoms with Crippen molar-refractivity contribution in [2.45, 2.75) is 6.92 Å². The van der Waals surface area contributed by atoms with Gasteiger partial charge in [0.15, 0.2) is 0 Å². The van der Waals surface area contributed by atoms with Gasteiger partial charge in [0.1, 0.15) is 5.82 Å². The van der Waals surface area contributed by atoms with E-state index in [0.29, 0.717) is 5.82 Å². The maximum absolute atomic E-state index is 12.0. The van der Waals surface area contributed by atoms with Crippen LogP contribution in [0.1, 0.15) is 5.69 Å². The third-order valence-corrected chi connectivity index (χ3v) is 2.51. The van der Waals surface area contributed by atoms with Crippen LogP contribution in [0.15, 0.2) is 30.6 Å². The number of anilines is 2. The van der Waals surface area contributed by atoms with Crippen LogP contribution >= 0.6 is 0 Å². The van der Waals surface area contributed by atoms with E-state index < -0.39 is 0 Å². The van der Waals surface area contributed by atoms with Crippen LogP contribution in [0.4, 0.5) is 16.3 Å². The molecule has 6 nitrogen and oxygen atoms in total. The molecule has 2 heterocycles. The molecule has 0 fully saturated rings. The fourth-order valence-electron chi connectivity index (χ4n) is 1.50. The Labute approximate surface area is 105 Å². The van der Waals surface area contributed by atoms with Crippen molar-refractivity contribution in [1.82, 2.24) is 14.8 Å². The van der Waals surface area contributed by atoms with Crippen molar-refractivity contribution in [3.8, 4) is 0 Å². The molecule has 0 aliphatic carbocycles. The highest BCUT2D eigenvalue weighted by molar-refractivity contribution is 6.00. The largest absolute Gasteiger partial charge is 0.327 e. The van der Waals surface area contributed by atoms with Gasteiger partial charge in [-0.1, -0.05) is 6.07 Å². The number of nitrogens with zero attached hydrogens (tertiary/aromatic N) is 4. The van der Waals surface area contributed by atoms with Gasteiger partial charge in [-0.15, -0.1) is 0 Å². The summed E-state index contributed by atoms with van der Waals surface area (Å²) in [6, 6.07) is 5.23. The number of rotatable bonds is 2. The molecule has 0 saturated carbocycles. The second-order valence-corrected chi connectivity index (χ2v) is 4.03. The van der Waals surface area contributed by atoms with Gasteiger partial charge in [0.05, 0.1) is 11.9 Å². The summed E-state index contributed by atoms with van der Waals surface area (Å²) in [6.07, 6.45) is 3.40. The number of aryl methyl sites for hydroxylation is 2. The smallest absolute Gasteiger partial charge is 0.294 e. The Bertz CT molecular complexity index is 563. The zero-order valence-electron chi connectivity index (χ0n) is 10.6. The highest BCUT2D eigenvalue weighted by atomic mass is 16.2. The van der Waals surface area contributed by atoms with Crippen LogP contribution in [0.5, 0.6) is 0 Å². The summed E-state index contributed by atoms with van der Waals surface area (Å²) in [7, 11) is 3.49.